The van der Waals surface area contributed by atoms with E-state index in [1.165, 1.54) is 37.1 Å². The number of hydrogen-bond acceptors (Lipinski definition) is 3. The van der Waals surface area contributed by atoms with Crippen molar-refractivity contribution in [2.45, 2.75) is 32.2 Å². The molecule has 0 saturated heterocycles. The zero-order chi connectivity index (χ0) is 17.8. The van der Waals surface area contributed by atoms with Crippen LogP contribution in [-0.2, 0) is 19.4 Å². The average Bonchev–Trinajstić information content (AvgIpc) is 2.65. The number of carboxylic acids is 1. The molecule has 2 aromatic carbocycles. The summed E-state index contributed by atoms with van der Waals surface area (Å²) in [7, 11) is 1.43. The van der Waals surface area contributed by atoms with E-state index in [1.807, 2.05) is 18.2 Å². The Labute approximate surface area is 146 Å². The zero-order valence-corrected chi connectivity index (χ0v) is 14.2. The quantitative estimate of drug-likeness (QED) is 0.877. The number of carbonyl (C=O) groups is 2. The van der Waals surface area contributed by atoms with Gasteiger partial charge in [-0.05, 0) is 66.6 Å². The maximum absolute atomic E-state index is 12.4. The normalized spacial score (nSPS) is 13.0. The number of carboxylic acid groups (broad SMARTS) is 1. The van der Waals surface area contributed by atoms with Gasteiger partial charge in [0.1, 0.15) is 11.3 Å². The summed E-state index contributed by atoms with van der Waals surface area (Å²) in [5.41, 5.74) is 4.04. The Morgan fingerprint density at radius 3 is 2.56 bits per heavy atom. The van der Waals surface area contributed by atoms with Crippen LogP contribution in [0.1, 0.15) is 50.2 Å². The molecule has 0 atom stereocenters. The molecule has 0 bridgehead atoms. The maximum atomic E-state index is 12.4. The van der Waals surface area contributed by atoms with E-state index >= 15 is 0 Å². The molecule has 5 heteroatoms. The maximum Gasteiger partial charge on any atom is 0.339 e. The van der Waals surface area contributed by atoms with Crippen LogP contribution in [-0.4, -0.2) is 24.1 Å². The molecule has 0 aromatic heterocycles. The van der Waals surface area contributed by atoms with E-state index in [0.717, 1.165) is 12.8 Å². The van der Waals surface area contributed by atoms with E-state index in [1.54, 1.807) is 12.1 Å². The summed E-state index contributed by atoms with van der Waals surface area (Å²) in [6.45, 7) is 0.264. The predicted octanol–water partition coefficient (Wildman–Crippen LogP) is 3.20. The van der Waals surface area contributed by atoms with Crippen molar-refractivity contribution in [1.29, 1.82) is 0 Å². The molecule has 5 nitrogen and oxygen atoms in total. The number of rotatable bonds is 5. The van der Waals surface area contributed by atoms with Crippen molar-refractivity contribution in [2.75, 3.05) is 7.11 Å². The summed E-state index contributed by atoms with van der Waals surface area (Å²) >= 11 is 0. The first-order valence-electron chi connectivity index (χ1n) is 8.38. The number of nitrogens with one attached hydrogen (secondary N) is 1. The Balaban J connectivity index is 1.70. The van der Waals surface area contributed by atoms with Crippen molar-refractivity contribution in [3.63, 3.8) is 0 Å². The molecule has 0 aliphatic heterocycles. The van der Waals surface area contributed by atoms with Crippen LogP contribution in [0.5, 0.6) is 5.75 Å². The molecule has 0 unspecified atom stereocenters. The minimum absolute atomic E-state index is 0.0861. The van der Waals surface area contributed by atoms with Crippen LogP contribution < -0.4 is 10.1 Å². The largest absolute Gasteiger partial charge is 0.496 e. The molecule has 1 amide bonds. The van der Waals surface area contributed by atoms with Gasteiger partial charge in [-0.15, -0.1) is 0 Å². The van der Waals surface area contributed by atoms with Crippen molar-refractivity contribution >= 4 is 11.9 Å². The van der Waals surface area contributed by atoms with Crippen LogP contribution in [0.3, 0.4) is 0 Å². The van der Waals surface area contributed by atoms with E-state index in [2.05, 4.69) is 5.32 Å². The van der Waals surface area contributed by atoms with Crippen LogP contribution in [0.25, 0.3) is 0 Å². The minimum atomic E-state index is -1.06. The van der Waals surface area contributed by atoms with Gasteiger partial charge in [0.2, 0.25) is 0 Å². The Morgan fingerprint density at radius 1 is 1.08 bits per heavy atom. The number of benzene rings is 2. The highest BCUT2D eigenvalue weighted by atomic mass is 16.5. The smallest absolute Gasteiger partial charge is 0.339 e. The number of aryl methyl sites for hydroxylation is 2. The van der Waals surface area contributed by atoms with Gasteiger partial charge in [-0.3, -0.25) is 4.79 Å². The monoisotopic (exact) mass is 339 g/mol. The highest BCUT2D eigenvalue weighted by Crippen LogP contribution is 2.23. The van der Waals surface area contributed by atoms with E-state index in [-0.39, 0.29) is 18.0 Å². The summed E-state index contributed by atoms with van der Waals surface area (Å²) in [4.78, 5) is 23.7. The average molecular weight is 339 g/mol. The second-order valence-electron chi connectivity index (χ2n) is 6.21. The van der Waals surface area contributed by atoms with Gasteiger partial charge in [-0.25, -0.2) is 4.79 Å². The first-order valence-corrected chi connectivity index (χ1v) is 8.38. The Morgan fingerprint density at radius 2 is 1.84 bits per heavy atom. The van der Waals surface area contributed by atoms with Crippen molar-refractivity contribution in [3.8, 4) is 5.75 Å². The number of amides is 1. The lowest BCUT2D eigenvalue weighted by Crippen LogP contribution is -2.23. The van der Waals surface area contributed by atoms with E-state index in [9.17, 15) is 14.7 Å². The van der Waals surface area contributed by atoms with Crippen LogP contribution >= 0.6 is 0 Å². The first-order chi connectivity index (χ1) is 12.1. The fraction of sp³-hybridized carbons (Fsp3) is 0.300. The third-order valence-corrected chi connectivity index (χ3v) is 4.56. The first kappa shape index (κ1) is 17.0. The minimum Gasteiger partial charge on any atom is -0.496 e. The van der Waals surface area contributed by atoms with Gasteiger partial charge < -0.3 is 15.2 Å². The highest BCUT2D eigenvalue weighted by Gasteiger charge is 2.14. The molecule has 1 aliphatic rings. The van der Waals surface area contributed by atoms with E-state index < -0.39 is 5.97 Å². The van der Waals surface area contributed by atoms with Crippen LogP contribution in [0.15, 0.2) is 36.4 Å². The molecule has 2 N–H and O–H groups in total. The molecule has 0 fully saturated rings. The van der Waals surface area contributed by atoms with Crippen molar-refractivity contribution in [3.05, 3.63) is 64.2 Å². The standard InChI is InChI=1S/C20H21NO4/c1-25-18-9-6-13(10-17(18)20(23)24)12-21-19(22)16-8-7-14-4-2-3-5-15(14)11-16/h6-11H,2-5,12H2,1H3,(H,21,22)(H,23,24). The number of hydrogen-bond donors (Lipinski definition) is 2. The molecule has 0 saturated carbocycles. The molecule has 0 spiro atoms. The molecule has 0 radical (unpaired) electrons. The number of ether oxygens (including phenoxy) is 1. The number of methoxy groups -OCH3 is 1. The third-order valence-electron chi connectivity index (χ3n) is 4.56. The summed E-state index contributed by atoms with van der Waals surface area (Å²) in [5, 5.41) is 12.1. The molecular weight excluding hydrogens is 318 g/mol. The summed E-state index contributed by atoms with van der Waals surface area (Å²) in [5.74, 6) is -0.905. The van der Waals surface area contributed by atoms with Gasteiger partial charge in [0, 0.05) is 12.1 Å². The number of aromatic carboxylic acids is 1. The second-order valence-corrected chi connectivity index (χ2v) is 6.21. The highest BCUT2D eigenvalue weighted by molar-refractivity contribution is 5.94. The zero-order valence-electron chi connectivity index (χ0n) is 14.2. The van der Waals surface area contributed by atoms with Crippen molar-refractivity contribution in [1.82, 2.24) is 5.32 Å². The second kappa shape index (κ2) is 7.38. The fourth-order valence-corrected chi connectivity index (χ4v) is 3.19. The van der Waals surface area contributed by atoms with Gasteiger partial charge in [-0.1, -0.05) is 12.1 Å². The van der Waals surface area contributed by atoms with E-state index in [4.69, 9.17) is 4.74 Å². The molecule has 2 aromatic rings. The molecule has 3 rings (SSSR count). The van der Waals surface area contributed by atoms with Crippen molar-refractivity contribution < 1.29 is 19.4 Å². The Kier molecular flexibility index (Phi) is 5.03. The van der Waals surface area contributed by atoms with Gasteiger partial charge >= 0.3 is 5.97 Å². The van der Waals surface area contributed by atoms with Gasteiger partial charge in [0.15, 0.2) is 0 Å². The van der Waals surface area contributed by atoms with Gasteiger partial charge in [0.25, 0.3) is 5.91 Å². The van der Waals surface area contributed by atoms with Crippen LogP contribution in [0, 0.1) is 0 Å². The molecule has 25 heavy (non-hydrogen) atoms. The molecule has 0 heterocycles. The molecular formula is C20H21NO4. The Hall–Kier alpha value is -2.82. The van der Waals surface area contributed by atoms with E-state index in [0.29, 0.717) is 16.9 Å². The molecule has 1 aliphatic carbocycles. The Bertz CT molecular complexity index is 813. The lowest BCUT2D eigenvalue weighted by molar-refractivity contribution is 0.0693. The van der Waals surface area contributed by atoms with Crippen LogP contribution in [0.4, 0.5) is 0 Å². The van der Waals surface area contributed by atoms with Crippen molar-refractivity contribution in [2.24, 2.45) is 0 Å². The fourth-order valence-electron chi connectivity index (χ4n) is 3.19. The molecule has 130 valence electrons. The topological polar surface area (TPSA) is 75.6 Å². The lowest BCUT2D eigenvalue weighted by Gasteiger charge is -2.16. The lowest BCUT2D eigenvalue weighted by atomic mass is 9.90. The SMILES string of the molecule is COc1ccc(CNC(=O)c2ccc3c(c2)CCCC3)cc1C(=O)O. The summed E-state index contributed by atoms with van der Waals surface area (Å²) in [6, 6.07) is 10.7. The number of fused-ring (bicyclic) bond motifs is 1. The summed E-state index contributed by atoms with van der Waals surface area (Å²) in [6.07, 6.45) is 4.49. The number of carbonyl (C=O) groups excluding carboxylic acids is 1. The summed E-state index contributed by atoms with van der Waals surface area (Å²) < 4.78 is 5.04. The van der Waals surface area contributed by atoms with Gasteiger partial charge in [-0.2, -0.15) is 0 Å². The predicted molar refractivity (Wildman–Crippen MR) is 94.2 cm³/mol. The third kappa shape index (κ3) is 3.82. The van der Waals surface area contributed by atoms with Gasteiger partial charge in [0.05, 0.1) is 7.11 Å². The van der Waals surface area contributed by atoms with Crippen LogP contribution in [0.2, 0.25) is 0 Å².